The van der Waals surface area contributed by atoms with Crippen molar-refractivity contribution in [3.8, 4) is 0 Å². The Labute approximate surface area is 126 Å². The van der Waals surface area contributed by atoms with Gasteiger partial charge in [0.1, 0.15) is 5.82 Å². The number of hydrogen-bond acceptors (Lipinski definition) is 2. The van der Waals surface area contributed by atoms with E-state index in [9.17, 15) is 9.18 Å². The minimum Gasteiger partial charge on any atom is -0.396 e. The van der Waals surface area contributed by atoms with E-state index < -0.39 is 5.82 Å². The molecule has 0 radical (unpaired) electrons. The summed E-state index contributed by atoms with van der Waals surface area (Å²) in [6, 6.07) is 4.42. The lowest BCUT2D eigenvalue weighted by atomic mass is 9.77. The van der Waals surface area contributed by atoms with Gasteiger partial charge >= 0.3 is 0 Å². The molecule has 3 nitrogen and oxygen atoms in total. The summed E-state index contributed by atoms with van der Waals surface area (Å²) >= 11 is 0. The molecule has 1 unspecified atom stereocenters. The molecule has 116 valence electrons. The summed E-state index contributed by atoms with van der Waals surface area (Å²) in [6.45, 7) is 8.19. The molecule has 1 amide bonds. The van der Waals surface area contributed by atoms with Crippen molar-refractivity contribution in [3.05, 3.63) is 29.6 Å². The number of para-hydroxylation sites is 1. The fourth-order valence-electron chi connectivity index (χ4n) is 3.06. The van der Waals surface area contributed by atoms with Crippen LogP contribution in [0.2, 0.25) is 0 Å². The highest BCUT2D eigenvalue weighted by Gasteiger charge is 2.29. The number of nitrogen functional groups attached to an aromatic ring is 1. The SMILES string of the molecule is CC(C)(C)C1CCCN(C(=O)c2cccc(F)c2N)CC1. The van der Waals surface area contributed by atoms with Crippen molar-refractivity contribution in [2.45, 2.75) is 40.0 Å². The Morgan fingerprint density at radius 3 is 2.67 bits per heavy atom. The van der Waals surface area contributed by atoms with Gasteiger partial charge in [0.2, 0.25) is 0 Å². The van der Waals surface area contributed by atoms with Crippen molar-refractivity contribution in [2.75, 3.05) is 18.8 Å². The number of halogens is 1. The number of nitrogens with zero attached hydrogens (tertiary/aromatic N) is 1. The highest BCUT2D eigenvalue weighted by molar-refractivity contribution is 5.99. The number of carbonyl (C=O) groups excluding carboxylic acids is 1. The monoisotopic (exact) mass is 292 g/mol. The lowest BCUT2D eigenvalue weighted by molar-refractivity contribution is 0.0756. The Hall–Kier alpha value is -1.58. The molecular weight excluding hydrogens is 267 g/mol. The maximum Gasteiger partial charge on any atom is 0.256 e. The van der Waals surface area contributed by atoms with E-state index in [2.05, 4.69) is 20.8 Å². The van der Waals surface area contributed by atoms with Crippen LogP contribution in [-0.4, -0.2) is 23.9 Å². The minimum atomic E-state index is -0.525. The third-order valence-electron chi connectivity index (χ3n) is 4.52. The van der Waals surface area contributed by atoms with Crippen molar-refractivity contribution in [1.29, 1.82) is 0 Å². The second kappa shape index (κ2) is 6.04. The summed E-state index contributed by atoms with van der Waals surface area (Å²) in [6.07, 6.45) is 3.11. The summed E-state index contributed by atoms with van der Waals surface area (Å²) in [7, 11) is 0. The van der Waals surface area contributed by atoms with Gasteiger partial charge in [-0.1, -0.05) is 26.8 Å². The predicted molar refractivity (Wildman–Crippen MR) is 83.5 cm³/mol. The molecule has 0 aliphatic carbocycles. The van der Waals surface area contributed by atoms with E-state index in [1.807, 2.05) is 4.90 Å². The van der Waals surface area contributed by atoms with Crippen molar-refractivity contribution < 1.29 is 9.18 Å². The van der Waals surface area contributed by atoms with Crippen molar-refractivity contribution in [3.63, 3.8) is 0 Å². The minimum absolute atomic E-state index is 0.0425. The van der Waals surface area contributed by atoms with E-state index in [4.69, 9.17) is 5.73 Å². The highest BCUT2D eigenvalue weighted by Crippen LogP contribution is 2.34. The van der Waals surface area contributed by atoms with E-state index >= 15 is 0 Å². The van der Waals surface area contributed by atoms with E-state index in [1.54, 1.807) is 6.07 Å². The van der Waals surface area contributed by atoms with Crippen LogP contribution in [0, 0.1) is 17.2 Å². The Bertz CT molecular complexity index is 522. The van der Waals surface area contributed by atoms with Crippen molar-refractivity contribution in [2.24, 2.45) is 11.3 Å². The molecule has 0 saturated carbocycles. The molecule has 1 aromatic rings. The van der Waals surface area contributed by atoms with E-state index in [1.165, 1.54) is 12.1 Å². The van der Waals surface area contributed by atoms with Gasteiger partial charge in [-0.25, -0.2) is 4.39 Å². The van der Waals surface area contributed by atoms with E-state index in [-0.39, 0.29) is 22.6 Å². The number of likely N-dealkylation sites (tertiary alicyclic amines) is 1. The zero-order valence-corrected chi connectivity index (χ0v) is 13.2. The second-order valence-corrected chi connectivity index (χ2v) is 6.99. The van der Waals surface area contributed by atoms with Crippen LogP contribution < -0.4 is 5.73 Å². The number of benzene rings is 1. The lowest BCUT2D eigenvalue weighted by Crippen LogP contribution is -2.33. The quantitative estimate of drug-likeness (QED) is 0.802. The third-order valence-corrected chi connectivity index (χ3v) is 4.52. The molecule has 0 bridgehead atoms. The second-order valence-electron chi connectivity index (χ2n) is 6.99. The summed E-state index contributed by atoms with van der Waals surface area (Å²) in [4.78, 5) is 14.4. The molecule has 1 saturated heterocycles. The van der Waals surface area contributed by atoms with Crippen molar-refractivity contribution >= 4 is 11.6 Å². The van der Waals surface area contributed by atoms with Gasteiger partial charge in [0.25, 0.3) is 5.91 Å². The lowest BCUT2D eigenvalue weighted by Gasteiger charge is -2.29. The summed E-state index contributed by atoms with van der Waals surface area (Å²) in [5.41, 5.74) is 6.20. The molecule has 0 spiro atoms. The molecule has 0 aromatic heterocycles. The van der Waals surface area contributed by atoms with Gasteiger partial charge < -0.3 is 10.6 Å². The van der Waals surface area contributed by atoms with Crippen LogP contribution in [0.1, 0.15) is 50.4 Å². The zero-order valence-electron chi connectivity index (χ0n) is 13.2. The molecule has 1 aromatic carbocycles. The maximum absolute atomic E-state index is 13.5. The number of rotatable bonds is 1. The first-order valence-corrected chi connectivity index (χ1v) is 7.64. The standard InChI is InChI=1S/C17H25FN2O/c1-17(2,3)12-6-5-10-20(11-9-12)16(21)13-7-4-8-14(18)15(13)19/h4,7-8,12H,5-6,9-11,19H2,1-3H3. The molecule has 1 aliphatic heterocycles. The fourth-order valence-corrected chi connectivity index (χ4v) is 3.06. The van der Waals surface area contributed by atoms with Crippen LogP contribution in [0.3, 0.4) is 0 Å². The Balaban J connectivity index is 2.12. The number of hydrogen-bond donors (Lipinski definition) is 1. The zero-order chi connectivity index (χ0) is 15.6. The molecule has 1 heterocycles. The van der Waals surface area contributed by atoms with E-state index in [0.717, 1.165) is 32.4 Å². The first kappa shape index (κ1) is 15.8. The maximum atomic E-state index is 13.5. The third kappa shape index (κ3) is 3.55. The van der Waals surface area contributed by atoms with Gasteiger partial charge in [0, 0.05) is 13.1 Å². The molecule has 4 heteroatoms. The largest absolute Gasteiger partial charge is 0.396 e. The highest BCUT2D eigenvalue weighted by atomic mass is 19.1. The van der Waals surface area contributed by atoms with Gasteiger partial charge in [-0.15, -0.1) is 0 Å². The fraction of sp³-hybridized carbons (Fsp3) is 0.588. The van der Waals surface area contributed by atoms with Gasteiger partial charge in [-0.05, 0) is 42.7 Å². The average Bonchev–Trinajstić information content (AvgIpc) is 2.66. The first-order valence-electron chi connectivity index (χ1n) is 7.64. The topological polar surface area (TPSA) is 46.3 Å². The van der Waals surface area contributed by atoms with Crippen LogP contribution in [0.4, 0.5) is 10.1 Å². The number of nitrogens with two attached hydrogens (primary N) is 1. The van der Waals surface area contributed by atoms with E-state index in [0.29, 0.717) is 5.92 Å². The van der Waals surface area contributed by atoms with Crippen LogP contribution in [-0.2, 0) is 0 Å². The Morgan fingerprint density at radius 1 is 1.29 bits per heavy atom. The van der Waals surface area contributed by atoms with Gasteiger partial charge in [0.05, 0.1) is 11.3 Å². The Kier molecular flexibility index (Phi) is 4.55. The number of anilines is 1. The molecule has 2 N–H and O–H groups in total. The number of amides is 1. The smallest absolute Gasteiger partial charge is 0.256 e. The molecule has 1 aliphatic rings. The molecular formula is C17H25FN2O. The van der Waals surface area contributed by atoms with Gasteiger partial charge in [-0.2, -0.15) is 0 Å². The normalized spacial score (nSPS) is 20.2. The molecule has 1 atom stereocenters. The van der Waals surface area contributed by atoms with Crippen molar-refractivity contribution in [1.82, 2.24) is 4.90 Å². The summed E-state index contributed by atoms with van der Waals surface area (Å²) < 4.78 is 13.5. The Morgan fingerprint density at radius 2 is 2.00 bits per heavy atom. The van der Waals surface area contributed by atoms with Gasteiger partial charge in [0.15, 0.2) is 0 Å². The predicted octanol–water partition coefficient (Wildman–Crippen LogP) is 3.70. The molecule has 2 rings (SSSR count). The average molecular weight is 292 g/mol. The molecule has 21 heavy (non-hydrogen) atoms. The van der Waals surface area contributed by atoms with Crippen LogP contribution in [0.25, 0.3) is 0 Å². The van der Waals surface area contributed by atoms with Crippen LogP contribution in [0.5, 0.6) is 0 Å². The van der Waals surface area contributed by atoms with Crippen LogP contribution in [0.15, 0.2) is 18.2 Å². The number of carbonyl (C=O) groups is 1. The van der Waals surface area contributed by atoms with Crippen LogP contribution >= 0.6 is 0 Å². The first-order chi connectivity index (χ1) is 9.80. The summed E-state index contributed by atoms with van der Waals surface area (Å²) in [5, 5.41) is 0. The van der Waals surface area contributed by atoms with Gasteiger partial charge in [-0.3, -0.25) is 4.79 Å². The summed E-state index contributed by atoms with van der Waals surface area (Å²) in [5.74, 6) is -0.0649. The molecule has 1 fully saturated rings.